The topological polar surface area (TPSA) is 96.4 Å². The summed E-state index contributed by atoms with van der Waals surface area (Å²) in [5.74, 6) is -2.30. The second-order valence-corrected chi connectivity index (χ2v) is 12.4. The largest absolute Gasteiger partial charge is 0.465 e. The molecule has 4 rings (SSSR count). The molecule has 5 atom stereocenters. The number of benzene rings is 1. The second kappa shape index (κ2) is 14.2. The Morgan fingerprint density at radius 2 is 1.81 bits per heavy atom. The Labute approximate surface area is 257 Å². The molecule has 1 spiro atoms. The van der Waals surface area contributed by atoms with E-state index < -0.39 is 35.0 Å². The molecule has 3 aliphatic rings. The third-order valence-corrected chi connectivity index (χ3v) is 9.81. The molecule has 1 aromatic rings. The smallest absolute Gasteiger partial charge is 0.312 e. The summed E-state index contributed by atoms with van der Waals surface area (Å²) in [6.07, 6.45) is 10.8. The molecule has 0 saturated carbocycles. The van der Waals surface area contributed by atoms with Gasteiger partial charge in [-0.1, -0.05) is 50.1 Å². The molecule has 0 aliphatic carbocycles. The van der Waals surface area contributed by atoms with E-state index in [1.165, 1.54) is 0 Å². The highest BCUT2D eigenvalue weighted by Gasteiger charge is 2.79. The Kier molecular flexibility index (Phi) is 10.9. The second-order valence-electron chi connectivity index (χ2n) is 12.4. The van der Waals surface area contributed by atoms with Gasteiger partial charge in [0.05, 0.1) is 18.1 Å². The lowest BCUT2D eigenvalue weighted by molar-refractivity contribution is -0.161. The fourth-order valence-corrected chi connectivity index (χ4v) is 7.80. The monoisotopic (exact) mass is 594 g/mol. The molecule has 8 heteroatoms. The third kappa shape index (κ3) is 6.05. The minimum Gasteiger partial charge on any atom is -0.465 e. The molecular formula is C35H50N2O6. The highest BCUT2D eigenvalue weighted by molar-refractivity contribution is 6.05. The van der Waals surface area contributed by atoms with E-state index in [4.69, 9.17) is 9.47 Å². The fraction of sp³-hybridized carbons (Fsp3) is 0.629. The first-order valence-electron chi connectivity index (χ1n) is 16.1. The third-order valence-electron chi connectivity index (χ3n) is 9.81. The Morgan fingerprint density at radius 3 is 2.47 bits per heavy atom. The van der Waals surface area contributed by atoms with E-state index >= 15 is 0 Å². The highest BCUT2D eigenvalue weighted by Crippen LogP contribution is 2.64. The van der Waals surface area contributed by atoms with Crippen LogP contribution in [0.15, 0.2) is 43.5 Å². The van der Waals surface area contributed by atoms with Gasteiger partial charge in [-0.25, -0.2) is 0 Å². The van der Waals surface area contributed by atoms with Crippen molar-refractivity contribution in [1.29, 1.82) is 0 Å². The number of carbonyl (C=O) groups excluding carboxylic acids is 3. The first-order valence-corrected chi connectivity index (χ1v) is 16.1. The molecule has 236 valence electrons. The summed E-state index contributed by atoms with van der Waals surface area (Å²) in [5, 5.41) is 9.22. The maximum Gasteiger partial charge on any atom is 0.312 e. The van der Waals surface area contributed by atoms with Crippen LogP contribution in [-0.2, 0) is 23.9 Å². The predicted octanol–water partition coefficient (Wildman–Crippen LogP) is 5.43. The fourth-order valence-electron chi connectivity index (χ4n) is 7.80. The van der Waals surface area contributed by atoms with E-state index in [0.29, 0.717) is 38.6 Å². The minimum atomic E-state index is -1.10. The van der Waals surface area contributed by atoms with E-state index in [1.807, 2.05) is 45.0 Å². The molecule has 3 heterocycles. The Morgan fingerprint density at radius 1 is 1.09 bits per heavy atom. The van der Waals surface area contributed by atoms with E-state index in [-0.39, 0.29) is 31.6 Å². The number of allylic oxidation sites excluding steroid dienone is 1. The molecule has 0 aromatic heterocycles. The molecular weight excluding hydrogens is 544 g/mol. The molecule has 2 bridgehead atoms. The number of aryl methyl sites for hydroxylation is 2. The number of unbranched alkanes of at least 4 members (excludes halogenated alkanes) is 5. The zero-order chi connectivity index (χ0) is 31.2. The number of hydrogen-bond donors (Lipinski definition) is 1. The van der Waals surface area contributed by atoms with Crippen molar-refractivity contribution in [3.8, 4) is 0 Å². The first-order chi connectivity index (χ1) is 20.7. The molecule has 8 nitrogen and oxygen atoms in total. The van der Waals surface area contributed by atoms with E-state index in [9.17, 15) is 19.5 Å². The van der Waals surface area contributed by atoms with E-state index in [2.05, 4.69) is 13.2 Å². The van der Waals surface area contributed by atoms with Crippen molar-refractivity contribution in [3.63, 3.8) is 0 Å². The van der Waals surface area contributed by atoms with Crippen LogP contribution in [0.1, 0.15) is 82.3 Å². The number of carbonyl (C=O) groups is 3. The molecule has 3 saturated heterocycles. The number of nitrogens with zero attached hydrogens (tertiary/aromatic N) is 2. The summed E-state index contributed by atoms with van der Waals surface area (Å²) >= 11 is 0. The zero-order valence-corrected chi connectivity index (χ0v) is 26.3. The molecule has 3 fully saturated rings. The SMILES string of the molecule is C=CCCCCOC(=O)[C@@H]1[C@H]2C(=O)N(CCCCCCO)C(C(=O)N(CC=C)c3c(C)cccc3C)C23CC[C@@]1(CC)O3. The van der Waals surface area contributed by atoms with Crippen molar-refractivity contribution in [2.24, 2.45) is 11.8 Å². The van der Waals surface area contributed by atoms with Crippen LogP contribution in [0, 0.1) is 25.7 Å². The van der Waals surface area contributed by atoms with E-state index in [1.54, 1.807) is 15.9 Å². The van der Waals surface area contributed by atoms with Crippen LogP contribution in [0.4, 0.5) is 5.69 Å². The lowest BCUT2D eigenvalue weighted by atomic mass is 9.65. The van der Waals surface area contributed by atoms with E-state index in [0.717, 1.165) is 48.9 Å². The normalized spacial score (nSPS) is 27.3. The summed E-state index contributed by atoms with van der Waals surface area (Å²) < 4.78 is 12.7. The lowest BCUT2D eigenvalue weighted by Crippen LogP contribution is -2.56. The number of hydrogen-bond acceptors (Lipinski definition) is 6. The van der Waals surface area contributed by atoms with Crippen LogP contribution >= 0.6 is 0 Å². The molecule has 43 heavy (non-hydrogen) atoms. The van der Waals surface area contributed by atoms with Gasteiger partial charge in [0, 0.05) is 25.4 Å². The first kappa shape index (κ1) is 32.9. The molecule has 1 aromatic carbocycles. The van der Waals surface area contributed by atoms with Crippen LogP contribution in [0.25, 0.3) is 0 Å². The number of amides is 2. The Balaban J connectivity index is 1.72. The van der Waals surface area contributed by atoms with Crippen LogP contribution in [0.3, 0.4) is 0 Å². The molecule has 1 N–H and O–H groups in total. The van der Waals surface area contributed by atoms with Crippen molar-refractivity contribution < 1.29 is 29.0 Å². The number of anilines is 1. The van der Waals surface area contributed by atoms with Crippen molar-refractivity contribution in [2.45, 2.75) is 102 Å². The van der Waals surface area contributed by atoms with Crippen LogP contribution < -0.4 is 4.90 Å². The number of ether oxygens (including phenoxy) is 2. The standard InChI is InChI=1S/C35H50N2O6/c1-6-9-10-15-24-42-33(41)28-27-31(39)37(22-13-11-12-14-23-38)30(35(27)20-19-34(28,8-3)43-35)32(40)36(21-7-2)29-25(4)17-16-18-26(29)5/h6-7,16-18,27-28,30,38H,1-2,8-15,19-24H2,3-5H3/t27-,28-,30?,34+,35?/m0/s1. The van der Waals surface area contributed by atoms with Gasteiger partial charge in [-0.3, -0.25) is 14.4 Å². The van der Waals surface area contributed by atoms with Gasteiger partial charge in [0.2, 0.25) is 5.91 Å². The Hall–Kier alpha value is -2.97. The van der Waals surface area contributed by atoms with Gasteiger partial charge in [-0.15, -0.1) is 13.2 Å². The minimum absolute atomic E-state index is 0.131. The quantitative estimate of drug-likeness (QED) is 0.147. The van der Waals surface area contributed by atoms with Gasteiger partial charge in [0.25, 0.3) is 5.91 Å². The molecule has 0 radical (unpaired) electrons. The van der Waals surface area contributed by atoms with Gasteiger partial charge < -0.3 is 24.4 Å². The highest BCUT2D eigenvalue weighted by atomic mass is 16.6. The number of fused-ring (bicyclic) bond motifs is 1. The molecule has 2 amide bonds. The van der Waals surface area contributed by atoms with Crippen molar-refractivity contribution in [1.82, 2.24) is 4.90 Å². The number of esters is 1. The summed E-state index contributed by atoms with van der Waals surface area (Å²) in [7, 11) is 0. The summed E-state index contributed by atoms with van der Waals surface area (Å²) in [6, 6.07) is 5.07. The zero-order valence-electron chi connectivity index (χ0n) is 26.3. The maximum atomic E-state index is 14.8. The summed E-state index contributed by atoms with van der Waals surface area (Å²) in [4.78, 5) is 46.5. The number of likely N-dealkylation sites (tertiary alicyclic amines) is 1. The summed E-state index contributed by atoms with van der Waals surface area (Å²) in [6.45, 7) is 14.7. The summed E-state index contributed by atoms with van der Waals surface area (Å²) in [5.41, 5.74) is 0.812. The maximum absolute atomic E-state index is 14.8. The van der Waals surface area contributed by atoms with Crippen molar-refractivity contribution in [3.05, 3.63) is 54.6 Å². The number of rotatable bonds is 17. The van der Waals surface area contributed by atoms with Crippen LogP contribution in [0.5, 0.6) is 0 Å². The number of para-hydroxylation sites is 1. The average Bonchev–Trinajstić information content (AvgIpc) is 3.59. The van der Waals surface area contributed by atoms with Gasteiger partial charge >= 0.3 is 5.97 Å². The van der Waals surface area contributed by atoms with Crippen LogP contribution in [0.2, 0.25) is 0 Å². The van der Waals surface area contributed by atoms with Gasteiger partial charge in [0.15, 0.2) is 0 Å². The average molecular weight is 595 g/mol. The number of aliphatic hydroxyl groups excluding tert-OH is 1. The van der Waals surface area contributed by atoms with Crippen LogP contribution in [-0.4, -0.2) is 71.3 Å². The van der Waals surface area contributed by atoms with Crippen molar-refractivity contribution in [2.75, 3.05) is 31.2 Å². The number of aliphatic hydroxyl groups is 1. The lowest BCUT2D eigenvalue weighted by Gasteiger charge is -2.37. The molecule has 2 unspecified atom stereocenters. The van der Waals surface area contributed by atoms with Gasteiger partial charge in [-0.05, 0) is 76.3 Å². The van der Waals surface area contributed by atoms with Crippen molar-refractivity contribution >= 4 is 23.5 Å². The van der Waals surface area contributed by atoms with Gasteiger partial charge in [-0.2, -0.15) is 0 Å². The Bertz CT molecular complexity index is 1180. The molecule has 3 aliphatic heterocycles. The van der Waals surface area contributed by atoms with Gasteiger partial charge in [0.1, 0.15) is 17.6 Å². The predicted molar refractivity (Wildman–Crippen MR) is 168 cm³/mol.